The van der Waals surface area contributed by atoms with Crippen LogP contribution in [0.25, 0.3) is 0 Å². The lowest BCUT2D eigenvalue weighted by molar-refractivity contribution is -0.0477. The maximum Gasteiger partial charge on any atom is 0.257 e. The summed E-state index contributed by atoms with van der Waals surface area (Å²) in [4.78, 5) is 17.3. The fourth-order valence-electron chi connectivity index (χ4n) is 3.79. The summed E-state index contributed by atoms with van der Waals surface area (Å²) in [6, 6.07) is 12.4. The van der Waals surface area contributed by atoms with Crippen LogP contribution in [-0.2, 0) is 10.3 Å². The van der Waals surface area contributed by atoms with Gasteiger partial charge in [-0.25, -0.2) is 13.8 Å². The van der Waals surface area contributed by atoms with E-state index in [0.717, 1.165) is 6.07 Å². The van der Waals surface area contributed by atoms with Crippen LogP contribution in [0.2, 0.25) is 0 Å². The van der Waals surface area contributed by atoms with E-state index in [2.05, 4.69) is 5.32 Å². The summed E-state index contributed by atoms with van der Waals surface area (Å²) in [7, 11) is 0. The molecule has 2 heterocycles. The maximum atomic E-state index is 14.7. The molecule has 1 saturated heterocycles. The topological polar surface area (TPSA) is 50.7 Å². The predicted molar refractivity (Wildman–Crippen MR) is 105 cm³/mol. The van der Waals surface area contributed by atoms with E-state index in [9.17, 15) is 13.6 Å². The zero-order valence-electron chi connectivity index (χ0n) is 15.3. The SMILES string of the molecule is CC1CC2CSC(NC(=O)c3ccccc3)=NC2(c2ccc(F)cc2F)CO1. The number of hydrogen-bond acceptors (Lipinski definition) is 4. The van der Waals surface area contributed by atoms with Crippen molar-refractivity contribution in [2.24, 2.45) is 10.9 Å². The Morgan fingerprint density at radius 2 is 2.04 bits per heavy atom. The third-order valence-corrected chi connectivity index (χ3v) is 6.29. The van der Waals surface area contributed by atoms with Gasteiger partial charge in [-0.1, -0.05) is 36.0 Å². The van der Waals surface area contributed by atoms with E-state index in [1.807, 2.05) is 13.0 Å². The Morgan fingerprint density at radius 1 is 1.25 bits per heavy atom. The molecule has 2 aromatic carbocycles. The molecule has 1 fully saturated rings. The van der Waals surface area contributed by atoms with Crippen LogP contribution in [0.3, 0.4) is 0 Å². The summed E-state index contributed by atoms with van der Waals surface area (Å²) >= 11 is 1.44. The molecule has 0 spiro atoms. The molecule has 4 nitrogen and oxygen atoms in total. The number of thioether (sulfide) groups is 1. The Bertz CT molecular complexity index is 922. The van der Waals surface area contributed by atoms with Gasteiger partial charge >= 0.3 is 0 Å². The van der Waals surface area contributed by atoms with Crippen LogP contribution in [0.15, 0.2) is 53.5 Å². The Labute approximate surface area is 166 Å². The van der Waals surface area contributed by atoms with Crippen molar-refractivity contribution in [1.29, 1.82) is 0 Å². The summed E-state index contributed by atoms with van der Waals surface area (Å²) in [6.45, 7) is 2.17. The number of carbonyl (C=O) groups excluding carboxylic acids is 1. The second-order valence-electron chi connectivity index (χ2n) is 7.15. The van der Waals surface area contributed by atoms with Gasteiger partial charge in [-0.05, 0) is 31.5 Å². The lowest BCUT2D eigenvalue weighted by Crippen LogP contribution is -2.50. The lowest BCUT2D eigenvalue weighted by Gasteiger charge is -2.46. The minimum Gasteiger partial charge on any atom is -0.376 e. The third kappa shape index (κ3) is 3.56. The van der Waals surface area contributed by atoms with E-state index in [4.69, 9.17) is 9.73 Å². The number of rotatable bonds is 2. The number of carbonyl (C=O) groups is 1. The molecule has 2 aliphatic rings. The van der Waals surface area contributed by atoms with E-state index in [-0.39, 0.29) is 24.5 Å². The van der Waals surface area contributed by atoms with Crippen LogP contribution in [0.4, 0.5) is 8.78 Å². The van der Waals surface area contributed by atoms with Crippen LogP contribution in [0.1, 0.15) is 29.3 Å². The van der Waals surface area contributed by atoms with Crippen molar-refractivity contribution in [1.82, 2.24) is 5.32 Å². The summed E-state index contributed by atoms with van der Waals surface area (Å²) in [5.74, 6) is -0.861. The molecule has 7 heteroatoms. The van der Waals surface area contributed by atoms with Gasteiger partial charge in [-0.15, -0.1) is 0 Å². The molecule has 2 aliphatic heterocycles. The number of halogens is 2. The zero-order chi connectivity index (χ0) is 19.7. The largest absolute Gasteiger partial charge is 0.376 e. The second-order valence-corrected chi connectivity index (χ2v) is 8.16. The highest BCUT2D eigenvalue weighted by Gasteiger charge is 2.49. The normalized spacial score (nSPS) is 26.9. The molecular formula is C21H20F2N2O2S. The van der Waals surface area contributed by atoms with Crippen molar-refractivity contribution in [2.75, 3.05) is 12.4 Å². The number of fused-ring (bicyclic) bond motifs is 1. The molecule has 3 unspecified atom stereocenters. The fourth-order valence-corrected chi connectivity index (χ4v) is 4.96. The van der Waals surface area contributed by atoms with E-state index >= 15 is 0 Å². The molecule has 2 aromatic rings. The molecule has 4 rings (SSSR count). The van der Waals surface area contributed by atoms with E-state index in [0.29, 0.717) is 28.5 Å². The number of nitrogens with one attached hydrogen (secondary N) is 1. The van der Waals surface area contributed by atoms with Gasteiger partial charge in [0.05, 0.1) is 12.7 Å². The number of hydrogen-bond donors (Lipinski definition) is 1. The van der Waals surface area contributed by atoms with E-state index in [1.54, 1.807) is 24.3 Å². The maximum absolute atomic E-state index is 14.7. The van der Waals surface area contributed by atoms with Crippen LogP contribution in [0, 0.1) is 17.6 Å². The van der Waals surface area contributed by atoms with Crippen molar-refractivity contribution in [3.8, 4) is 0 Å². The molecule has 0 bridgehead atoms. The van der Waals surface area contributed by atoms with Gasteiger partial charge in [0.15, 0.2) is 5.17 Å². The van der Waals surface area contributed by atoms with E-state index < -0.39 is 17.2 Å². The van der Waals surface area contributed by atoms with Crippen molar-refractivity contribution in [2.45, 2.75) is 25.0 Å². The molecule has 28 heavy (non-hydrogen) atoms. The fraction of sp³-hybridized carbons (Fsp3) is 0.333. The predicted octanol–water partition coefficient (Wildman–Crippen LogP) is 4.12. The van der Waals surface area contributed by atoms with Gasteiger partial charge in [0, 0.05) is 28.9 Å². The second kappa shape index (κ2) is 7.64. The molecule has 1 N–H and O–H groups in total. The summed E-state index contributed by atoms with van der Waals surface area (Å²) < 4.78 is 34.0. The van der Waals surface area contributed by atoms with Crippen LogP contribution >= 0.6 is 11.8 Å². The zero-order valence-corrected chi connectivity index (χ0v) is 16.1. The number of aliphatic imine (C=N–C) groups is 1. The minimum atomic E-state index is -0.977. The average molecular weight is 402 g/mol. The van der Waals surface area contributed by atoms with Crippen molar-refractivity contribution < 1.29 is 18.3 Å². The monoisotopic (exact) mass is 402 g/mol. The van der Waals surface area contributed by atoms with Gasteiger partial charge in [-0.3, -0.25) is 4.79 Å². The van der Waals surface area contributed by atoms with Gasteiger partial charge in [0.2, 0.25) is 0 Å². The summed E-state index contributed by atoms with van der Waals surface area (Å²) in [6.07, 6.45) is 0.755. The highest BCUT2D eigenvalue weighted by molar-refractivity contribution is 8.13. The van der Waals surface area contributed by atoms with Gasteiger partial charge in [-0.2, -0.15) is 0 Å². The average Bonchev–Trinajstić information content (AvgIpc) is 2.69. The molecular weight excluding hydrogens is 382 g/mol. The van der Waals surface area contributed by atoms with Crippen molar-refractivity contribution in [3.05, 3.63) is 71.3 Å². The molecule has 0 aromatic heterocycles. The quantitative estimate of drug-likeness (QED) is 0.822. The van der Waals surface area contributed by atoms with Crippen LogP contribution < -0.4 is 5.32 Å². The van der Waals surface area contributed by atoms with Gasteiger partial charge < -0.3 is 10.1 Å². The standard InChI is InChI=1S/C21H20F2N2O2S/c1-13-9-15-11-28-20(24-19(26)14-5-3-2-4-6-14)25-21(15,12-27-13)17-8-7-16(22)10-18(17)23/h2-8,10,13,15H,9,11-12H2,1H3,(H,24,25,26). The number of amides is 1. The van der Waals surface area contributed by atoms with Crippen molar-refractivity contribution >= 4 is 22.8 Å². The van der Waals surface area contributed by atoms with Crippen LogP contribution in [0.5, 0.6) is 0 Å². The van der Waals surface area contributed by atoms with Gasteiger partial charge in [0.1, 0.15) is 17.2 Å². The summed E-state index contributed by atoms with van der Waals surface area (Å²) in [5, 5.41) is 3.25. The molecule has 146 valence electrons. The van der Waals surface area contributed by atoms with Crippen molar-refractivity contribution in [3.63, 3.8) is 0 Å². The summed E-state index contributed by atoms with van der Waals surface area (Å²) in [5.41, 5.74) is -0.157. The molecule has 0 aliphatic carbocycles. The van der Waals surface area contributed by atoms with Crippen LogP contribution in [-0.4, -0.2) is 29.5 Å². The number of ether oxygens (including phenoxy) is 1. The molecule has 0 saturated carbocycles. The minimum absolute atomic E-state index is 0.0265. The number of benzene rings is 2. The van der Waals surface area contributed by atoms with Gasteiger partial charge in [0.25, 0.3) is 5.91 Å². The Kier molecular flexibility index (Phi) is 5.21. The molecule has 3 atom stereocenters. The first-order valence-electron chi connectivity index (χ1n) is 9.14. The first-order chi connectivity index (χ1) is 13.5. The Balaban J connectivity index is 1.71. The molecule has 0 radical (unpaired) electrons. The number of amidine groups is 1. The first kappa shape index (κ1) is 19.1. The lowest BCUT2D eigenvalue weighted by atomic mass is 9.75. The smallest absolute Gasteiger partial charge is 0.257 e. The van der Waals surface area contributed by atoms with E-state index in [1.165, 1.54) is 23.9 Å². The Morgan fingerprint density at radius 3 is 2.79 bits per heavy atom. The highest BCUT2D eigenvalue weighted by atomic mass is 32.2. The molecule has 1 amide bonds. The Hall–Kier alpha value is -2.25. The third-order valence-electron chi connectivity index (χ3n) is 5.26. The first-order valence-corrected chi connectivity index (χ1v) is 10.1. The number of nitrogens with zero attached hydrogens (tertiary/aromatic N) is 1. The highest BCUT2D eigenvalue weighted by Crippen LogP contribution is 2.46.